The molecule has 2 amide bonds. The van der Waals surface area contributed by atoms with Gasteiger partial charge in [0.2, 0.25) is 5.91 Å². The third-order valence-corrected chi connectivity index (χ3v) is 5.37. The predicted molar refractivity (Wildman–Crippen MR) is 89.5 cm³/mol. The highest BCUT2D eigenvalue weighted by molar-refractivity contribution is 5.98. The summed E-state index contributed by atoms with van der Waals surface area (Å²) in [6, 6.07) is 9.59. The van der Waals surface area contributed by atoms with E-state index in [4.69, 9.17) is 0 Å². The van der Waals surface area contributed by atoms with Crippen molar-refractivity contribution in [1.82, 2.24) is 15.2 Å². The lowest BCUT2D eigenvalue weighted by atomic mass is 9.71. The third-order valence-electron chi connectivity index (χ3n) is 5.37. The van der Waals surface area contributed by atoms with Crippen molar-refractivity contribution in [3.63, 3.8) is 0 Å². The van der Waals surface area contributed by atoms with E-state index in [1.165, 1.54) is 0 Å². The van der Waals surface area contributed by atoms with Gasteiger partial charge >= 0.3 is 0 Å². The van der Waals surface area contributed by atoms with Crippen molar-refractivity contribution in [1.29, 1.82) is 0 Å². The average Bonchev–Trinajstić information content (AvgIpc) is 3.03. The fourth-order valence-electron chi connectivity index (χ4n) is 3.98. The van der Waals surface area contributed by atoms with Crippen LogP contribution in [0.3, 0.4) is 0 Å². The summed E-state index contributed by atoms with van der Waals surface area (Å²) < 4.78 is 0. The van der Waals surface area contributed by atoms with Crippen LogP contribution in [0.5, 0.6) is 0 Å². The van der Waals surface area contributed by atoms with Gasteiger partial charge in [0.05, 0.1) is 11.5 Å². The fraction of sp³-hybridized carbons (Fsp3) is 0.444. The lowest BCUT2D eigenvalue weighted by molar-refractivity contribution is -0.147. The van der Waals surface area contributed by atoms with Crippen molar-refractivity contribution in [2.24, 2.45) is 5.41 Å². The number of hydrogen-bond donors (Lipinski definition) is 3. The lowest BCUT2D eigenvalue weighted by Gasteiger charge is -2.46. The van der Waals surface area contributed by atoms with E-state index in [0.717, 1.165) is 17.3 Å². The number of nitrogens with one attached hydrogen (secondary N) is 2. The standard InChI is InChI=1S/C18H21N3O3/c22-15-6-9-21(11-18(15)7-3-8-19-17(18)24)16(23)14-10-12-4-1-2-5-13(12)20-14/h1-2,4-5,10,15,20,22H,3,6-9,11H2,(H,19,24)/t15-,18-/m1/s1. The molecular formula is C18H21N3O3. The number of aromatic amines is 1. The van der Waals surface area contributed by atoms with Crippen LogP contribution in [0.15, 0.2) is 30.3 Å². The van der Waals surface area contributed by atoms with Gasteiger partial charge in [0.1, 0.15) is 5.69 Å². The Hall–Kier alpha value is -2.34. The molecule has 2 atom stereocenters. The molecule has 1 aromatic heterocycles. The van der Waals surface area contributed by atoms with Crippen LogP contribution >= 0.6 is 0 Å². The first-order chi connectivity index (χ1) is 11.6. The zero-order chi connectivity index (χ0) is 16.7. The SMILES string of the molecule is O=C(c1cc2ccccc2[nH]1)N1CC[C@@H](O)[C@@]2(CCCNC2=O)C1. The number of hydrogen-bond acceptors (Lipinski definition) is 3. The van der Waals surface area contributed by atoms with E-state index in [0.29, 0.717) is 31.6 Å². The second-order valence-electron chi connectivity index (χ2n) is 6.82. The van der Waals surface area contributed by atoms with E-state index >= 15 is 0 Å². The zero-order valence-corrected chi connectivity index (χ0v) is 13.4. The minimum absolute atomic E-state index is 0.115. The Balaban J connectivity index is 1.61. The predicted octanol–water partition coefficient (Wildman–Crippen LogP) is 1.27. The summed E-state index contributed by atoms with van der Waals surface area (Å²) in [7, 11) is 0. The smallest absolute Gasteiger partial charge is 0.270 e. The van der Waals surface area contributed by atoms with Crippen molar-refractivity contribution in [2.75, 3.05) is 19.6 Å². The maximum atomic E-state index is 12.9. The highest BCUT2D eigenvalue weighted by Crippen LogP contribution is 2.37. The molecule has 0 unspecified atom stereocenters. The number of aromatic nitrogens is 1. The van der Waals surface area contributed by atoms with E-state index in [2.05, 4.69) is 10.3 Å². The van der Waals surface area contributed by atoms with Crippen LogP contribution in [0.25, 0.3) is 10.9 Å². The highest BCUT2D eigenvalue weighted by Gasteiger charge is 2.50. The largest absolute Gasteiger partial charge is 0.392 e. The summed E-state index contributed by atoms with van der Waals surface area (Å²) in [6.07, 6.45) is 1.19. The molecule has 3 N–H and O–H groups in total. The number of para-hydroxylation sites is 1. The molecule has 2 aliphatic rings. The number of aliphatic hydroxyl groups excluding tert-OH is 1. The van der Waals surface area contributed by atoms with Crippen LogP contribution in [-0.4, -0.2) is 52.5 Å². The number of piperidine rings is 2. The number of carbonyl (C=O) groups is 2. The van der Waals surface area contributed by atoms with Crippen molar-refractivity contribution < 1.29 is 14.7 Å². The van der Waals surface area contributed by atoms with Gasteiger partial charge in [-0.25, -0.2) is 0 Å². The number of H-pyrrole nitrogens is 1. The monoisotopic (exact) mass is 327 g/mol. The number of likely N-dealkylation sites (tertiary alicyclic amines) is 1. The molecule has 6 nitrogen and oxygen atoms in total. The normalized spacial score (nSPS) is 27.5. The molecule has 2 saturated heterocycles. The van der Waals surface area contributed by atoms with Gasteiger partial charge in [-0.05, 0) is 31.4 Å². The topological polar surface area (TPSA) is 85.4 Å². The number of amides is 2. The van der Waals surface area contributed by atoms with Crippen LogP contribution in [0.1, 0.15) is 29.8 Å². The minimum Gasteiger partial charge on any atom is -0.392 e. The number of rotatable bonds is 1. The molecule has 0 aliphatic carbocycles. The molecule has 24 heavy (non-hydrogen) atoms. The quantitative estimate of drug-likeness (QED) is 0.737. The summed E-state index contributed by atoms with van der Waals surface area (Å²) in [5.41, 5.74) is 0.583. The van der Waals surface area contributed by atoms with E-state index in [1.807, 2.05) is 30.3 Å². The lowest BCUT2D eigenvalue weighted by Crippen LogP contribution is -2.62. The molecule has 0 saturated carbocycles. The zero-order valence-electron chi connectivity index (χ0n) is 13.4. The second-order valence-corrected chi connectivity index (χ2v) is 6.82. The van der Waals surface area contributed by atoms with Gasteiger partial charge in [0, 0.05) is 30.5 Å². The summed E-state index contributed by atoms with van der Waals surface area (Å²) in [5.74, 6) is -0.244. The Labute approximate surface area is 139 Å². The molecule has 4 rings (SSSR count). The van der Waals surface area contributed by atoms with Gasteiger partial charge in [0.15, 0.2) is 0 Å². The molecule has 0 bridgehead atoms. The first-order valence-corrected chi connectivity index (χ1v) is 8.43. The first-order valence-electron chi connectivity index (χ1n) is 8.43. The molecule has 1 spiro atoms. The van der Waals surface area contributed by atoms with Crippen molar-refractivity contribution in [3.05, 3.63) is 36.0 Å². The number of carbonyl (C=O) groups excluding carboxylic acids is 2. The minimum atomic E-state index is -0.863. The summed E-state index contributed by atoms with van der Waals surface area (Å²) >= 11 is 0. The van der Waals surface area contributed by atoms with Gasteiger partial charge in [-0.2, -0.15) is 0 Å². The van der Waals surface area contributed by atoms with Gasteiger partial charge in [0.25, 0.3) is 5.91 Å². The Kier molecular flexibility index (Phi) is 3.57. The van der Waals surface area contributed by atoms with Crippen LogP contribution in [0, 0.1) is 5.41 Å². The summed E-state index contributed by atoms with van der Waals surface area (Å²) in [4.78, 5) is 30.1. The van der Waals surface area contributed by atoms with Gasteiger partial charge < -0.3 is 20.3 Å². The number of nitrogens with zero attached hydrogens (tertiary/aromatic N) is 1. The Morgan fingerprint density at radius 1 is 1.33 bits per heavy atom. The van der Waals surface area contributed by atoms with Gasteiger partial charge in [-0.15, -0.1) is 0 Å². The highest BCUT2D eigenvalue weighted by atomic mass is 16.3. The van der Waals surface area contributed by atoms with Gasteiger partial charge in [-0.3, -0.25) is 9.59 Å². The van der Waals surface area contributed by atoms with Crippen molar-refractivity contribution >= 4 is 22.7 Å². The summed E-state index contributed by atoms with van der Waals surface area (Å²) in [6.45, 7) is 1.38. The molecule has 1 aromatic carbocycles. The molecule has 3 heterocycles. The number of fused-ring (bicyclic) bond motifs is 1. The molecule has 126 valence electrons. The van der Waals surface area contributed by atoms with E-state index < -0.39 is 11.5 Å². The molecule has 2 fully saturated rings. The maximum Gasteiger partial charge on any atom is 0.270 e. The number of benzene rings is 1. The Morgan fingerprint density at radius 2 is 2.17 bits per heavy atom. The molecular weight excluding hydrogens is 306 g/mol. The van der Waals surface area contributed by atoms with Crippen LogP contribution < -0.4 is 5.32 Å². The Morgan fingerprint density at radius 3 is 2.96 bits per heavy atom. The maximum absolute atomic E-state index is 12.9. The third kappa shape index (κ3) is 2.29. The average molecular weight is 327 g/mol. The second kappa shape index (κ2) is 5.63. The number of aliphatic hydroxyl groups is 1. The fourth-order valence-corrected chi connectivity index (χ4v) is 3.98. The van der Waals surface area contributed by atoms with E-state index in [9.17, 15) is 14.7 Å². The summed E-state index contributed by atoms with van der Waals surface area (Å²) in [5, 5.41) is 14.3. The molecule has 6 heteroatoms. The van der Waals surface area contributed by atoms with Crippen molar-refractivity contribution in [3.8, 4) is 0 Å². The van der Waals surface area contributed by atoms with E-state index in [-0.39, 0.29) is 18.4 Å². The van der Waals surface area contributed by atoms with Crippen LogP contribution in [0.4, 0.5) is 0 Å². The van der Waals surface area contributed by atoms with Crippen LogP contribution in [0.2, 0.25) is 0 Å². The van der Waals surface area contributed by atoms with Crippen LogP contribution in [-0.2, 0) is 4.79 Å². The first kappa shape index (κ1) is 15.2. The van der Waals surface area contributed by atoms with Crippen molar-refractivity contribution in [2.45, 2.75) is 25.4 Å². The molecule has 2 aromatic rings. The van der Waals surface area contributed by atoms with Gasteiger partial charge in [-0.1, -0.05) is 18.2 Å². The molecule has 0 radical (unpaired) electrons. The molecule has 2 aliphatic heterocycles. The Bertz CT molecular complexity index is 767. The van der Waals surface area contributed by atoms with E-state index in [1.54, 1.807) is 4.90 Å².